The summed E-state index contributed by atoms with van der Waals surface area (Å²) in [7, 11) is 0. The van der Waals surface area contributed by atoms with Crippen LogP contribution in [-0.4, -0.2) is 48.8 Å². The van der Waals surface area contributed by atoms with Crippen molar-refractivity contribution in [2.75, 3.05) is 32.8 Å². The average Bonchev–Trinajstić information content (AvgIpc) is 2.04. The second kappa shape index (κ2) is 4.40. The van der Waals surface area contributed by atoms with Crippen molar-refractivity contribution in [3.8, 4) is 0 Å². The summed E-state index contributed by atoms with van der Waals surface area (Å²) in [5.41, 5.74) is 0.314. The van der Waals surface area contributed by atoms with Crippen LogP contribution < -0.4 is 5.32 Å². The Bertz CT molecular complexity index is 151. The summed E-state index contributed by atoms with van der Waals surface area (Å²) in [6.07, 6.45) is 0. The minimum absolute atomic E-state index is 0.275. The molecule has 0 bridgehead atoms. The molecule has 13 heavy (non-hydrogen) atoms. The van der Waals surface area contributed by atoms with Crippen LogP contribution in [0.4, 0.5) is 0 Å². The van der Waals surface area contributed by atoms with Gasteiger partial charge in [-0.15, -0.1) is 0 Å². The molecule has 0 spiro atoms. The highest BCUT2D eigenvalue weighted by molar-refractivity contribution is 4.87. The molecule has 1 rings (SSSR count). The predicted octanol–water partition coefficient (Wildman–Crippen LogP) is 0.299. The number of hydrogen-bond donors (Lipinski definition) is 2. The maximum absolute atomic E-state index is 8.85. The second-order valence-electron chi connectivity index (χ2n) is 4.90. The lowest BCUT2D eigenvalue weighted by molar-refractivity contribution is 0.114. The minimum Gasteiger partial charge on any atom is -0.395 e. The first-order valence-corrected chi connectivity index (χ1v) is 5.10. The summed E-state index contributed by atoms with van der Waals surface area (Å²) in [4.78, 5) is 2.33. The molecule has 1 atom stereocenters. The van der Waals surface area contributed by atoms with Gasteiger partial charge in [0.2, 0.25) is 0 Å². The quantitative estimate of drug-likeness (QED) is 0.651. The second-order valence-corrected chi connectivity index (χ2v) is 4.90. The molecule has 1 unspecified atom stereocenters. The Kier molecular flexibility index (Phi) is 3.71. The number of aliphatic hydroxyl groups excluding tert-OH is 1. The van der Waals surface area contributed by atoms with Crippen molar-refractivity contribution < 1.29 is 5.11 Å². The van der Waals surface area contributed by atoms with E-state index < -0.39 is 0 Å². The third-order valence-electron chi connectivity index (χ3n) is 2.72. The van der Waals surface area contributed by atoms with E-state index in [1.165, 1.54) is 0 Å². The Hall–Kier alpha value is -0.120. The molecule has 78 valence electrons. The highest BCUT2D eigenvalue weighted by Crippen LogP contribution is 2.21. The Labute approximate surface area is 81.1 Å². The van der Waals surface area contributed by atoms with Gasteiger partial charge in [-0.3, -0.25) is 4.90 Å². The molecule has 1 aliphatic rings. The van der Waals surface area contributed by atoms with Crippen LogP contribution >= 0.6 is 0 Å². The van der Waals surface area contributed by atoms with Gasteiger partial charge in [0, 0.05) is 32.2 Å². The highest BCUT2D eigenvalue weighted by Gasteiger charge is 2.28. The minimum atomic E-state index is 0.275. The summed E-state index contributed by atoms with van der Waals surface area (Å²) in [5.74, 6) is 0. The van der Waals surface area contributed by atoms with E-state index in [-0.39, 0.29) is 6.61 Å². The number of hydrogen-bond acceptors (Lipinski definition) is 3. The third kappa shape index (κ3) is 3.25. The van der Waals surface area contributed by atoms with Crippen molar-refractivity contribution in [1.82, 2.24) is 10.2 Å². The Balaban J connectivity index is 2.42. The number of nitrogens with zero attached hydrogens (tertiary/aromatic N) is 1. The first kappa shape index (κ1) is 11.0. The van der Waals surface area contributed by atoms with Crippen LogP contribution in [0.25, 0.3) is 0 Å². The zero-order valence-electron chi connectivity index (χ0n) is 9.01. The molecular weight excluding hydrogens is 164 g/mol. The summed E-state index contributed by atoms with van der Waals surface area (Å²) < 4.78 is 0. The molecule has 0 aromatic carbocycles. The van der Waals surface area contributed by atoms with E-state index in [1.807, 2.05) is 0 Å². The van der Waals surface area contributed by atoms with Gasteiger partial charge in [-0.05, 0) is 5.41 Å². The molecule has 0 radical (unpaired) electrons. The van der Waals surface area contributed by atoms with Crippen molar-refractivity contribution in [1.29, 1.82) is 0 Å². The van der Waals surface area contributed by atoms with Gasteiger partial charge in [-0.25, -0.2) is 0 Å². The van der Waals surface area contributed by atoms with Gasteiger partial charge in [-0.2, -0.15) is 0 Å². The smallest absolute Gasteiger partial charge is 0.0558 e. The van der Waals surface area contributed by atoms with Crippen molar-refractivity contribution in [2.45, 2.75) is 26.8 Å². The molecule has 0 aliphatic carbocycles. The zero-order valence-corrected chi connectivity index (χ0v) is 9.01. The van der Waals surface area contributed by atoms with Gasteiger partial charge in [0.15, 0.2) is 0 Å². The van der Waals surface area contributed by atoms with Crippen LogP contribution in [0.3, 0.4) is 0 Å². The largest absolute Gasteiger partial charge is 0.395 e. The lowest BCUT2D eigenvalue weighted by Crippen LogP contribution is -2.56. The number of rotatable bonds is 2. The van der Waals surface area contributed by atoms with Crippen LogP contribution in [-0.2, 0) is 0 Å². The number of β-amino-alcohol motifs (C(OH)–C–C–N with tert-alkyl or cyclic N) is 1. The van der Waals surface area contributed by atoms with E-state index in [1.54, 1.807) is 0 Å². The van der Waals surface area contributed by atoms with E-state index in [0.29, 0.717) is 11.5 Å². The van der Waals surface area contributed by atoms with E-state index in [0.717, 1.165) is 26.2 Å². The Morgan fingerprint density at radius 2 is 2.15 bits per heavy atom. The molecule has 0 amide bonds. The van der Waals surface area contributed by atoms with Gasteiger partial charge in [-0.1, -0.05) is 20.8 Å². The monoisotopic (exact) mass is 186 g/mol. The maximum Gasteiger partial charge on any atom is 0.0558 e. The predicted molar refractivity (Wildman–Crippen MR) is 54.8 cm³/mol. The van der Waals surface area contributed by atoms with Gasteiger partial charge in [0.1, 0.15) is 0 Å². The number of piperazine rings is 1. The SMILES string of the molecule is CC(C)(C)C1CN(CCO)CCN1. The Morgan fingerprint density at radius 3 is 2.69 bits per heavy atom. The third-order valence-corrected chi connectivity index (χ3v) is 2.72. The molecule has 1 fully saturated rings. The van der Waals surface area contributed by atoms with Crippen LogP contribution in [0.5, 0.6) is 0 Å². The van der Waals surface area contributed by atoms with Crippen LogP contribution in [0.2, 0.25) is 0 Å². The summed E-state index contributed by atoms with van der Waals surface area (Å²) in [5, 5.41) is 12.4. The van der Waals surface area contributed by atoms with Crippen LogP contribution in [0.15, 0.2) is 0 Å². The molecular formula is C10H22N2O. The summed E-state index contributed by atoms with van der Waals surface area (Å²) in [6, 6.07) is 0.549. The van der Waals surface area contributed by atoms with Crippen molar-refractivity contribution in [3.63, 3.8) is 0 Å². The highest BCUT2D eigenvalue weighted by atomic mass is 16.3. The van der Waals surface area contributed by atoms with Crippen molar-refractivity contribution in [2.24, 2.45) is 5.41 Å². The average molecular weight is 186 g/mol. The Morgan fingerprint density at radius 1 is 1.46 bits per heavy atom. The van der Waals surface area contributed by atoms with E-state index in [4.69, 9.17) is 5.11 Å². The van der Waals surface area contributed by atoms with Crippen LogP contribution in [0.1, 0.15) is 20.8 Å². The fourth-order valence-electron chi connectivity index (χ4n) is 1.74. The first-order valence-electron chi connectivity index (χ1n) is 5.10. The fraction of sp³-hybridized carbons (Fsp3) is 1.00. The lowest BCUT2D eigenvalue weighted by Gasteiger charge is -2.40. The molecule has 0 aromatic heterocycles. The van der Waals surface area contributed by atoms with Gasteiger partial charge >= 0.3 is 0 Å². The maximum atomic E-state index is 8.85. The van der Waals surface area contributed by atoms with Crippen molar-refractivity contribution >= 4 is 0 Å². The number of aliphatic hydroxyl groups is 1. The molecule has 1 aliphatic heterocycles. The van der Waals surface area contributed by atoms with E-state index in [9.17, 15) is 0 Å². The molecule has 1 saturated heterocycles. The molecule has 3 heteroatoms. The molecule has 0 aromatic rings. The van der Waals surface area contributed by atoms with E-state index in [2.05, 4.69) is 31.0 Å². The molecule has 0 saturated carbocycles. The number of nitrogens with one attached hydrogen (secondary N) is 1. The fourth-order valence-corrected chi connectivity index (χ4v) is 1.74. The standard InChI is InChI=1S/C10H22N2O/c1-10(2,3)9-8-12(6-7-13)5-4-11-9/h9,11,13H,4-8H2,1-3H3. The van der Waals surface area contributed by atoms with Gasteiger partial charge < -0.3 is 10.4 Å². The van der Waals surface area contributed by atoms with Crippen molar-refractivity contribution in [3.05, 3.63) is 0 Å². The normalized spacial score (nSPS) is 26.3. The summed E-state index contributed by atoms with van der Waals surface area (Å²) >= 11 is 0. The molecule has 3 nitrogen and oxygen atoms in total. The molecule has 2 N–H and O–H groups in total. The van der Waals surface area contributed by atoms with Gasteiger partial charge in [0.25, 0.3) is 0 Å². The summed E-state index contributed by atoms with van der Waals surface area (Å²) in [6.45, 7) is 11.0. The lowest BCUT2D eigenvalue weighted by atomic mass is 9.85. The van der Waals surface area contributed by atoms with E-state index >= 15 is 0 Å². The van der Waals surface area contributed by atoms with Gasteiger partial charge in [0.05, 0.1) is 6.61 Å². The first-order chi connectivity index (χ1) is 6.04. The van der Waals surface area contributed by atoms with Crippen LogP contribution in [0, 0.1) is 5.41 Å². The topological polar surface area (TPSA) is 35.5 Å². The molecule has 1 heterocycles. The zero-order chi connectivity index (χ0) is 9.90.